The second-order valence-corrected chi connectivity index (χ2v) is 5.20. The molecule has 1 heterocycles. The molecule has 20 heavy (non-hydrogen) atoms. The van der Waals surface area contributed by atoms with Crippen molar-refractivity contribution in [3.05, 3.63) is 24.3 Å². The maximum Gasteiger partial charge on any atom is 0.227 e. The van der Waals surface area contributed by atoms with Gasteiger partial charge in [-0.25, -0.2) is 0 Å². The Morgan fingerprint density at radius 1 is 1.30 bits per heavy atom. The van der Waals surface area contributed by atoms with Gasteiger partial charge in [-0.2, -0.15) is 0 Å². The summed E-state index contributed by atoms with van der Waals surface area (Å²) in [7, 11) is 0. The highest BCUT2D eigenvalue weighted by Gasteiger charge is 2.25. The van der Waals surface area contributed by atoms with E-state index < -0.39 is 0 Å². The molecule has 0 bridgehead atoms. The summed E-state index contributed by atoms with van der Waals surface area (Å²) in [6, 6.07) is 6.77. The number of para-hydroxylation sites is 2. The lowest BCUT2D eigenvalue weighted by molar-refractivity contribution is -0.121. The number of amides is 1. The van der Waals surface area contributed by atoms with Gasteiger partial charge in [0.25, 0.3) is 0 Å². The Balaban J connectivity index is 1.82. The van der Waals surface area contributed by atoms with Gasteiger partial charge in [0.15, 0.2) is 0 Å². The van der Waals surface area contributed by atoms with Crippen LogP contribution in [-0.2, 0) is 4.79 Å². The number of rotatable bonds is 5. The fourth-order valence-electron chi connectivity index (χ4n) is 2.53. The number of aliphatic hydroxyl groups is 1. The summed E-state index contributed by atoms with van der Waals surface area (Å²) >= 11 is 0. The van der Waals surface area contributed by atoms with E-state index >= 15 is 0 Å². The number of nitrogens with one attached hydrogen (secondary N) is 1. The van der Waals surface area contributed by atoms with Crippen LogP contribution in [-0.4, -0.2) is 47.3 Å². The number of likely N-dealkylation sites (tertiary alicyclic amines) is 1. The topological polar surface area (TPSA) is 72.8 Å². The highest BCUT2D eigenvalue weighted by atomic mass is 16.3. The summed E-state index contributed by atoms with van der Waals surface area (Å²) in [4.78, 5) is 14.4. The Morgan fingerprint density at radius 3 is 2.65 bits per heavy atom. The predicted octanol–water partition coefficient (Wildman–Crippen LogP) is 1.43. The van der Waals surface area contributed by atoms with Crippen LogP contribution in [0.4, 0.5) is 5.69 Å². The zero-order valence-corrected chi connectivity index (χ0v) is 11.6. The normalized spacial score (nSPS) is 17.1. The number of aromatic hydroxyl groups is 1. The fourth-order valence-corrected chi connectivity index (χ4v) is 2.53. The van der Waals surface area contributed by atoms with E-state index in [1.165, 1.54) is 0 Å². The van der Waals surface area contributed by atoms with Crippen LogP contribution in [0.25, 0.3) is 0 Å². The van der Waals surface area contributed by atoms with E-state index in [1.807, 2.05) is 0 Å². The number of hydrogen-bond donors (Lipinski definition) is 3. The van der Waals surface area contributed by atoms with Crippen molar-refractivity contribution >= 4 is 11.6 Å². The number of carbonyl (C=O) groups is 1. The summed E-state index contributed by atoms with van der Waals surface area (Å²) in [6.45, 7) is 2.88. The number of hydrogen-bond acceptors (Lipinski definition) is 4. The molecule has 110 valence electrons. The summed E-state index contributed by atoms with van der Waals surface area (Å²) in [5.74, 6) is 0.0783. The summed E-state index contributed by atoms with van der Waals surface area (Å²) in [6.07, 6.45) is 2.43. The minimum atomic E-state index is -0.0201. The third-order valence-electron chi connectivity index (χ3n) is 3.75. The second kappa shape index (κ2) is 7.26. The Hall–Kier alpha value is -1.59. The zero-order chi connectivity index (χ0) is 14.4. The van der Waals surface area contributed by atoms with E-state index in [9.17, 15) is 9.90 Å². The molecule has 0 saturated carbocycles. The smallest absolute Gasteiger partial charge is 0.227 e. The number of aliphatic hydroxyl groups excluding tert-OH is 1. The van der Waals surface area contributed by atoms with Crippen LogP contribution < -0.4 is 5.32 Å². The number of carbonyl (C=O) groups excluding carboxylic acids is 1. The van der Waals surface area contributed by atoms with Gasteiger partial charge >= 0.3 is 0 Å². The number of phenols is 1. The van der Waals surface area contributed by atoms with Crippen LogP contribution in [0.15, 0.2) is 24.3 Å². The van der Waals surface area contributed by atoms with Crippen molar-refractivity contribution in [2.24, 2.45) is 5.92 Å². The van der Waals surface area contributed by atoms with Crippen molar-refractivity contribution in [1.29, 1.82) is 0 Å². The number of anilines is 1. The monoisotopic (exact) mass is 278 g/mol. The number of benzene rings is 1. The van der Waals surface area contributed by atoms with Crippen LogP contribution >= 0.6 is 0 Å². The van der Waals surface area contributed by atoms with Crippen molar-refractivity contribution in [2.45, 2.75) is 19.3 Å². The SMILES string of the molecule is O=C(Nc1ccccc1O)C1CCN(CCCO)CC1. The van der Waals surface area contributed by atoms with Crippen LogP contribution in [0, 0.1) is 5.92 Å². The van der Waals surface area contributed by atoms with Crippen molar-refractivity contribution < 1.29 is 15.0 Å². The van der Waals surface area contributed by atoms with Crippen molar-refractivity contribution in [2.75, 3.05) is 31.6 Å². The lowest BCUT2D eigenvalue weighted by atomic mass is 9.95. The molecule has 0 aliphatic carbocycles. The van der Waals surface area contributed by atoms with E-state index in [2.05, 4.69) is 10.2 Å². The Bertz CT molecular complexity index is 442. The molecule has 0 unspecified atom stereocenters. The van der Waals surface area contributed by atoms with Gasteiger partial charge in [0.05, 0.1) is 5.69 Å². The van der Waals surface area contributed by atoms with Crippen LogP contribution in [0.5, 0.6) is 5.75 Å². The lowest BCUT2D eigenvalue weighted by Gasteiger charge is -2.31. The second-order valence-electron chi connectivity index (χ2n) is 5.20. The van der Waals surface area contributed by atoms with Gasteiger partial charge < -0.3 is 20.4 Å². The zero-order valence-electron chi connectivity index (χ0n) is 11.6. The van der Waals surface area contributed by atoms with E-state index in [0.29, 0.717) is 5.69 Å². The largest absolute Gasteiger partial charge is 0.506 e. The molecule has 1 fully saturated rings. The molecular weight excluding hydrogens is 256 g/mol. The van der Waals surface area contributed by atoms with Gasteiger partial charge in [0, 0.05) is 19.1 Å². The Morgan fingerprint density at radius 2 is 2.00 bits per heavy atom. The molecule has 1 aromatic carbocycles. The lowest BCUT2D eigenvalue weighted by Crippen LogP contribution is -2.38. The molecular formula is C15H22N2O3. The Kier molecular flexibility index (Phi) is 5.38. The third kappa shape index (κ3) is 3.95. The number of nitrogens with zero attached hydrogens (tertiary/aromatic N) is 1. The first-order valence-corrected chi connectivity index (χ1v) is 7.13. The third-order valence-corrected chi connectivity index (χ3v) is 3.75. The van der Waals surface area contributed by atoms with E-state index in [-0.39, 0.29) is 24.2 Å². The van der Waals surface area contributed by atoms with Crippen molar-refractivity contribution in [1.82, 2.24) is 4.90 Å². The molecule has 1 saturated heterocycles. The van der Waals surface area contributed by atoms with Crippen molar-refractivity contribution in [3.63, 3.8) is 0 Å². The first kappa shape index (κ1) is 14.8. The molecule has 5 heteroatoms. The van der Waals surface area contributed by atoms with Crippen LogP contribution in [0.1, 0.15) is 19.3 Å². The Labute approximate surface area is 119 Å². The van der Waals surface area contributed by atoms with Gasteiger partial charge in [-0.05, 0) is 44.5 Å². The maximum absolute atomic E-state index is 12.2. The number of piperidine rings is 1. The molecule has 0 radical (unpaired) electrons. The van der Waals surface area contributed by atoms with Crippen molar-refractivity contribution in [3.8, 4) is 5.75 Å². The first-order chi connectivity index (χ1) is 9.70. The average Bonchev–Trinajstić information content (AvgIpc) is 2.48. The molecule has 0 aromatic heterocycles. The molecule has 2 rings (SSSR count). The van der Waals surface area contributed by atoms with Gasteiger partial charge in [-0.1, -0.05) is 12.1 Å². The summed E-state index contributed by atoms with van der Waals surface area (Å²) in [5.41, 5.74) is 0.472. The van der Waals surface area contributed by atoms with Crippen LogP contribution in [0.2, 0.25) is 0 Å². The highest BCUT2D eigenvalue weighted by Crippen LogP contribution is 2.24. The molecule has 0 spiro atoms. The molecule has 1 aliphatic rings. The van der Waals surface area contributed by atoms with E-state index in [1.54, 1.807) is 24.3 Å². The van der Waals surface area contributed by atoms with E-state index in [4.69, 9.17) is 5.11 Å². The predicted molar refractivity (Wildman–Crippen MR) is 77.6 cm³/mol. The summed E-state index contributed by atoms with van der Waals surface area (Å²) in [5, 5.41) is 21.3. The van der Waals surface area contributed by atoms with Gasteiger partial charge in [0.2, 0.25) is 5.91 Å². The van der Waals surface area contributed by atoms with Crippen LogP contribution in [0.3, 0.4) is 0 Å². The molecule has 1 aliphatic heterocycles. The molecule has 3 N–H and O–H groups in total. The minimum Gasteiger partial charge on any atom is -0.506 e. The summed E-state index contributed by atoms with van der Waals surface area (Å²) < 4.78 is 0. The number of phenolic OH excluding ortho intramolecular Hbond substituents is 1. The highest BCUT2D eigenvalue weighted by molar-refractivity contribution is 5.93. The standard InChI is InChI=1S/C15H22N2O3/c18-11-3-8-17-9-6-12(7-10-17)15(20)16-13-4-1-2-5-14(13)19/h1-2,4-5,12,18-19H,3,6-11H2,(H,16,20). The van der Waals surface area contributed by atoms with Gasteiger partial charge in [-0.3, -0.25) is 4.79 Å². The van der Waals surface area contributed by atoms with Gasteiger partial charge in [0.1, 0.15) is 5.75 Å². The maximum atomic E-state index is 12.2. The molecule has 5 nitrogen and oxygen atoms in total. The van der Waals surface area contributed by atoms with E-state index in [0.717, 1.165) is 38.9 Å². The first-order valence-electron chi connectivity index (χ1n) is 7.13. The van der Waals surface area contributed by atoms with Gasteiger partial charge in [-0.15, -0.1) is 0 Å². The molecule has 1 aromatic rings. The average molecular weight is 278 g/mol. The fraction of sp³-hybridized carbons (Fsp3) is 0.533. The minimum absolute atomic E-state index is 0.0000161. The molecule has 1 amide bonds. The molecule has 0 atom stereocenters. The quantitative estimate of drug-likeness (QED) is 0.712.